The summed E-state index contributed by atoms with van der Waals surface area (Å²) in [6.45, 7) is 0.992. The fraction of sp³-hybridized carbons (Fsp3) is 0.842. The van der Waals surface area contributed by atoms with Crippen molar-refractivity contribution >= 4 is 30.4 Å². The van der Waals surface area contributed by atoms with Gasteiger partial charge in [-0.1, -0.05) is 44.9 Å². The molecule has 28 heavy (non-hydrogen) atoms. The number of unbranched alkanes of at least 4 members (excludes halogenated alkanes) is 8. The molecule has 0 heterocycles. The molecule has 0 fully saturated rings. The van der Waals surface area contributed by atoms with Crippen LogP contribution in [-0.4, -0.2) is 61.1 Å². The maximum Gasteiger partial charge on any atom is 0.326 e. The van der Waals surface area contributed by atoms with E-state index in [0.29, 0.717) is 13.2 Å². The second-order valence-electron chi connectivity index (χ2n) is 6.70. The summed E-state index contributed by atoms with van der Waals surface area (Å²) < 4.78 is 10.6. The third kappa shape index (κ3) is 18.1. The van der Waals surface area contributed by atoms with Crippen molar-refractivity contribution < 1.29 is 29.0 Å². The van der Waals surface area contributed by atoms with Crippen molar-refractivity contribution in [1.29, 1.82) is 0 Å². The molecule has 4 N–H and O–H groups in total. The zero-order valence-electron chi connectivity index (χ0n) is 16.7. The minimum atomic E-state index is -1.34. The normalized spacial score (nSPS) is 11.9. The minimum absolute atomic E-state index is 0.243. The Labute approximate surface area is 173 Å². The van der Waals surface area contributed by atoms with Gasteiger partial charge in [-0.05, 0) is 18.6 Å². The van der Waals surface area contributed by atoms with Crippen LogP contribution >= 0.6 is 12.6 Å². The average molecular weight is 421 g/mol. The average Bonchev–Trinajstić information content (AvgIpc) is 2.64. The third-order valence-electron chi connectivity index (χ3n) is 4.09. The quantitative estimate of drug-likeness (QED) is 0.176. The maximum atomic E-state index is 11.6. The van der Waals surface area contributed by atoms with E-state index in [4.69, 9.17) is 20.3 Å². The van der Waals surface area contributed by atoms with Crippen LogP contribution in [0.15, 0.2) is 0 Å². The van der Waals surface area contributed by atoms with Crippen molar-refractivity contribution in [3.63, 3.8) is 0 Å². The predicted molar refractivity (Wildman–Crippen MR) is 110 cm³/mol. The fourth-order valence-corrected chi connectivity index (χ4v) is 2.80. The number of carbonyl (C=O) groups excluding carboxylic acids is 2. The van der Waals surface area contributed by atoms with Gasteiger partial charge in [0.15, 0.2) is 0 Å². The molecule has 0 aromatic rings. The molecule has 0 aliphatic rings. The monoisotopic (exact) mass is 420 g/mol. The van der Waals surface area contributed by atoms with Crippen LogP contribution in [0.25, 0.3) is 0 Å². The number of ether oxygens (including phenoxy) is 2. The highest BCUT2D eigenvalue weighted by Crippen LogP contribution is 2.10. The van der Waals surface area contributed by atoms with Crippen LogP contribution < -0.4 is 11.1 Å². The molecule has 0 saturated carbocycles. The van der Waals surface area contributed by atoms with Crippen molar-refractivity contribution in [2.24, 2.45) is 5.73 Å². The predicted octanol–water partition coefficient (Wildman–Crippen LogP) is 1.91. The second-order valence-corrected chi connectivity index (χ2v) is 7.15. The summed E-state index contributed by atoms with van der Waals surface area (Å²) in [7, 11) is 0. The van der Waals surface area contributed by atoms with Crippen LogP contribution in [-0.2, 0) is 23.9 Å². The van der Waals surface area contributed by atoms with Crippen molar-refractivity contribution in [1.82, 2.24) is 5.32 Å². The first-order valence-corrected chi connectivity index (χ1v) is 10.7. The molecule has 0 aliphatic heterocycles. The van der Waals surface area contributed by atoms with Crippen LogP contribution in [0.4, 0.5) is 0 Å². The van der Waals surface area contributed by atoms with E-state index in [2.05, 4.69) is 17.9 Å². The number of hydrogen-bond acceptors (Lipinski definition) is 6. The number of carboxylic acids is 1. The number of carbonyl (C=O) groups is 3. The first kappa shape index (κ1) is 26.7. The van der Waals surface area contributed by atoms with Crippen LogP contribution in [0.5, 0.6) is 0 Å². The molecule has 0 spiro atoms. The van der Waals surface area contributed by atoms with E-state index in [1.807, 2.05) is 0 Å². The lowest BCUT2D eigenvalue weighted by Gasteiger charge is -2.12. The maximum absolute atomic E-state index is 11.6. The number of carboxylic acid groups (broad SMARTS) is 1. The van der Waals surface area contributed by atoms with Gasteiger partial charge in [0.25, 0.3) is 0 Å². The molecular formula is C19H36N2O6S. The summed E-state index contributed by atoms with van der Waals surface area (Å²) >= 11 is 4.20. The summed E-state index contributed by atoms with van der Waals surface area (Å²) in [5, 5.41) is 11.1. The lowest BCUT2D eigenvalue weighted by molar-refractivity contribution is -0.144. The van der Waals surface area contributed by atoms with E-state index in [1.54, 1.807) is 0 Å². The molecule has 0 radical (unpaired) electrons. The standard InChI is InChI=1S/C19H36N2O6S/c20-17(22)14-16(19(24)25)21-18(23)15-27-12-11-26-10-8-6-4-2-1-3-5-7-9-13-28/h16,28H,1-15H2,(H2,20,22)(H,21,23)(H,24,25)/t16-/m0/s1. The summed E-state index contributed by atoms with van der Waals surface area (Å²) in [6, 6.07) is -1.34. The Kier molecular flexibility index (Phi) is 18.1. The molecule has 9 heteroatoms. The molecule has 1 atom stereocenters. The first-order chi connectivity index (χ1) is 13.5. The van der Waals surface area contributed by atoms with Crippen molar-refractivity contribution in [3.8, 4) is 0 Å². The molecule has 0 rings (SSSR count). The van der Waals surface area contributed by atoms with Gasteiger partial charge in [-0.2, -0.15) is 12.6 Å². The summed E-state index contributed by atoms with van der Waals surface area (Å²) in [6.07, 6.45) is 10.6. The second kappa shape index (κ2) is 19.0. The first-order valence-electron chi connectivity index (χ1n) is 10.0. The summed E-state index contributed by atoms with van der Waals surface area (Å²) in [4.78, 5) is 33.2. The van der Waals surface area contributed by atoms with Gasteiger partial charge in [0, 0.05) is 6.61 Å². The van der Waals surface area contributed by atoms with Gasteiger partial charge < -0.3 is 25.6 Å². The molecule has 2 amide bonds. The number of nitrogens with two attached hydrogens (primary N) is 1. The van der Waals surface area contributed by atoms with Gasteiger partial charge in [-0.25, -0.2) is 4.79 Å². The molecule has 164 valence electrons. The van der Waals surface area contributed by atoms with Crippen LogP contribution in [0.2, 0.25) is 0 Å². The Morgan fingerprint density at radius 2 is 1.39 bits per heavy atom. The van der Waals surface area contributed by atoms with E-state index in [9.17, 15) is 14.4 Å². The van der Waals surface area contributed by atoms with Gasteiger partial charge in [0.05, 0.1) is 19.6 Å². The number of nitrogens with one attached hydrogen (secondary N) is 1. The SMILES string of the molecule is NC(=O)C[C@H](NC(=O)COCCOCCCCCCCCCCCS)C(=O)O. The highest BCUT2D eigenvalue weighted by atomic mass is 32.1. The number of thiol groups is 1. The Balaban J connectivity index is 3.41. The summed E-state index contributed by atoms with van der Waals surface area (Å²) in [5.74, 6) is -1.74. The lowest BCUT2D eigenvalue weighted by atomic mass is 10.1. The van der Waals surface area contributed by atoms with E-state index in [1.165, 1.54) is 44.9 Å². The third-order valence-corrected chi connectivity index (χ3v) is 4.41. The van der Waals surface area contributed by atoms with Crippen LogP contribution in [0, 0.1) is 0 Å². The van der Waals surface area contributed by atoms with Crippen LogP contribution in [0.3, 0.4) is 0 Å². The number of aliphatic carboxylic acids is 1. The molecule has 0 aromatic heterocycles. The van der Waals surface area contributed by atoms with Gasteiger partial charge in [-0.3, -0.25) is 9.59 Å². The van der Waals surface area contributed by atoms with Gasteiger partial charge in [0.1, 0.15) is 12.6 Å². The van der Waals surface area contributed by atoms with Crippen molar-refractivity contribution in [3.05, 3.63) is 0 Å². The Morgan fingerprint density at radius 1 is 0.857 bits per heavy atom. The van der Waals surface area contributed by atoms with Crippen molar-refractivity contribution in [2.75, 3.05) is 32.2 Å². The topological polar surface area (TPSA) is 128 Å². The molecule has 0 aromatic carbocycles. The summed E-state index contributed by atoms with van der Waals surface area (Å²) in [5.41, 5.74) is 4.94. The van der Waals surface area contributed by atoms with Gasteiger partial charge in [0.2, 0.25) is 11.8 Å². The molecule has 0 bridgehead atoms. The highest BCUT2D eigenvalue weighted by Gasteiger charge is 2.21. The van der Waals surface area contributed by atoms with E-state index in [-0.39, 0.29) is 13.2 Å². The minimum Gasteiger partial charge on any atom is -0.480 e. The molecule has 8 nitrogen and oxygen atoms in total. The molecular weight excluding hydrogens is 384 g/mol. The smallest absolute Gasteiger partial charge is 0.326 e. The largest absolute Gasteiger partial charge is 0.480 e. The number of rotatable bonds is 20. The number of primary amides is 1. The lowest BCUT2D eigenvalue weighted by Crippen LogP contribution is -2.44. The fourth-order valence-electron chi connectivity index (χ4n) is 2.58. The molecule has 0 saturated heterocycles. The van der Waals surface area contributed by atoms with E-state index < -0.39 is 30.2 Å². The highest BCUT2D eigenvalue weighted by molar-refractivity contribution is 7.80. The van der Waals surface area contributed by atoms with Gasteiger partial charge in [-0.15, -0.1) is 0 Å². The van der Waals surface area contributed by atoms with E-state index in [0.717, 1.165) is 18.6 Å². The zero-order chi connectivity index (χ0) is 21.0. The molecule has 0 aliphatic carbocycles. The van der Waals surface area contributed by atoms with Gasteiger partial charge >= 0.3 is 5.97 Å². The Morgan fingerprint density at radius 3 is 1.93 bits per heavy atom. The zero-order valence-corrected chi connectivity index (χ0v) is 17.6. The van der Waals surface area contributed by atoms with Crippen molar-refractivity contribution in [2.45, 2.75) is 70.3 Å². The number of amides is 2. The van der Waals surface area contributed by atoms with Crippen LogP contribution in [0.1, 0.15) is 64.2 Å². The Bertz CT molecular complexity index is 437. The van der Waals surface area contributed by atoms with E-state index >= 15 is 0 Å². The Hall–Kier alpha value is -1.32. The number of hydrogen-bond donors (Lipinski definition) is 4. The molecule has 0 unspecified atom stereocenters.